The van der Waals surface area contributed by atoms with Gasteiger partial charge in [-0.3, -0.25) is 9.59 Å². The molecule has 2 heterocycles. The number of hydrogen-bond donors (Lipinski definition) is 1. The highest BCUT2D eigenvalue weighted by atomic mass is 16.7. The molecular formula is C13H12BNO5. The summed E-state index contributed by atoms with van der Waals surface area (Å²) >= 11 is 0. The van der Waals surface area contributed by atoms with Crippen LogP contribution in [0, 0.1) is 12.7 Å². The van der Waals surface area contributed by atoms with Crippen molar-refractivity contribution in [3.63, 3.8) is 0 Å². The molecule has 0 spiro atoms. The van der Waals surface area contributed by atoms with E-state index in [0.29, 0.717) is 11.5 Å². The maximum absolute atomic E-state index is 12.3. The Labute approximate surface area is 115 Å². The Morgan fingerprint density at radius 1 is 1.15 bits per heavy atom. The summed E-state index contributed by atoms with van der Waals surface area (Å²) in [5.74, 6) is -1.25. The van der Waals surface area contributed by atoms with Crippen molar-refractivity contribution in [3.05, 3.63) is 35.6 Å². The molecule has 7 heteroatoms. The molecular weight excluding hydrogens is 261 g/mol. The zero-order valence-corrected chi connectivity index (χ0v) is 10.8. The van der Waals surface area contributed by atoms with Crippen molar-refractivity contribution >= 4 is 30.0 Å². The molecule has 2 aliphatic heterocycles. The van der Waals surface area contributed by atoms with Gasteiger partial charge in [0.25, 0.3) is 0 Å². The number of anilines is 1. The molecule has 6 nitrogen and oxygen atoms in total. The standard InChI is InChI=1S/C13H12BNO5/c1-8-2-4-10(5-3-8)15-13(18)14-9(6-11(16)19-14)7-12(17)20-14/h2-5H,6-7H2,1H3,(H,15,18). The van der Waals surface area contributed by atoms with Gasteiger partial charge in [0.05, 0.1) is 0 Å². The fraction of sp³-hybridized carbons (Fsp3) is 0.231. The van der Waals surface area contributed by atoms with Crippen LogP contribution in [0.3, 0.4) is 0 Å². The van der Waals surface area contributed by atoms with Crippen LogP contribution in [0.15, 0.2) is 24.3 Å². The Bertz CT molecular complexity index is 577. The molecule has 2 saturated heterocycles. The molecule has 1 N–H and O–H groups in total. The summed E-state index contributed by atoms with van der Waals surface area (Å²) in [6.45, 7) is -0.704. The van der Waals surface area contributed by atoms with E-state index in [1.54, 1.807) is 12.1 Å². The maximum Gasteiger partial charge on any atom is 0.643 e. The minimum Gasteiger partial charge on any atom is -0.607 e. The predicted molar refractivity (Wildman–Crippen MR) is 70.6 cm³/mol. The predicted octanol–water partition coefficient (Wildman–Crippen LogP) is 1.56. The number of nitrogens with one attached hydrogen (secondary N) is 1. The van der Waals surface area contributed by atoms with Crippen LogP contribution >= 0.6 is 0 Å². The molecule has 0 atom stereocenters. The van der Waals surface area contributed by atoms with Crippen molar-refractivity contribution in [1.29, 1.82) is 0 Å². The molecule has 0 aliphatic carbocycles. The van der Waals surface area contributed by atoms with Crippen LogP contribution in [-0.4, -0.2) is 24.3 Å². The zero-order valence-electron chi connectivity index (χ0n) is 10.8. The molecule has 1 aromatic carbocycles. The van der Waals surface area contributed by atoms with Crippen LogP contribution in [0.2, 0.25) is 0 Å². The summed E-state index contributed by atoms with van der Waals surface area (Å²) in [7, 11) is 0. The second-order valence-electron chi connectivity index (χ2n) is 5.06. The van der Waals surface area contributed by atoms with Crippen LogP contribution in [-0.2, 0) is 18.9 Å². The summed E-state index contributed by atoms with van der Waals surface area (Å²) in [6.07, 6.45) is -0.0693. The van der Waals surface area contributed by atoms with Gasteiger partial charge in [-0.2, -0.15) is 0 Å². The number of rotatable bonds is 2. The molecule has 0 unspecified atom stereocenters. The quantitative estimate of drug-likeness (QED) is 0.653. The van der Waals surface area contributed by atoms with E-state index in [2.05, 4.69) is 5.32 Å². The van der Waals surface area contributed by atoms with Gasteiger partial charge in [-0.1, -0.05) is 17.7 Å². The van der Waals surface area contributed by atoms with Crippen molar-refractivity contribution in [3.8, 4) is 0 Å². The first-order valence-electron chi connectivity index (χ1n) is 6.30. The van der Waals surface area contributed by atoms with Gasteiger partial charge < -0.3 is 19.4 Å². The van der Waals surface area contributed by atoms with Gasteiger partial charge in [0, 0.05) is 11.5 Å². The SMILES string of the molecule is Cc1ccc(NC(=O)[B-]23OC(=O)C[C+]2CC(=O)O3)cc1. The van der Waals surface area contributed by atoms with E-state index in [0.717, 1.165) is 5.56 Å². The van der Waals surface area contributed by atoms with E-state index >= 15 is 0 Å². The topological polar surface area (TPSA) is 81.7 Å². The Morgan fingerprint density at radius 2 is 1.70 bits per heavy atom. The van der Waals surface area contributed by atoms with Gasteiger partial charge in [0.2, 0.25) is 5.81 Å². The first-order valence-corrected chi connectivity index (χ1v) is 6.30. The highest BCUT2D eigenvalue weighted by Gasteiger charge is 2.69. The Balaban J connectivity index is 1.83. The highest BCUT2D eigenvalue weighted by molar-refractivity contribution is 7.05. The number of fused-ring (bicyclic) bond motifs is 1. The second-order valence-corrected chi connectivity index (χ2v) is 5.06. The lowest BCUT2D eigenvalue weighted by molar-refractivity contribution is -0.138. The van der Waals surface area contributed by atoms with Gasteiger partial charge in [-0.05, 0) is 19.1 Å². The Morgan fingerprint density at radius 3 is 2.25 bits per heavy atom. The highest BCUT2D eigenvalue weighted by Crippen LogP contribution is 2.41. The normalized spacial score (nSPS) is 19.4. The van der Waals surface area contributed by atoms with Crippen molar-refractivity contribution in [2.75, 3.05) is 5.32 Å². The summed E-state index contributed by atoms with van der Waals surface area (Å²) < 4.78 is 10.1. The Hall–Kier alpha value is -2.44. The number of carbonyl (C=O) groups is 3. The summed E-state index contributed by atoms with van der Waals surface area (Å²) in [4.78, 5) is 35.1. The van der Waals surface area contributed by atoms with Crippen LogP contribution < -0.4 is 5.32 Å². The van der Waals surface area contributed by atoms with Gasteiger partial charge in [-0.25, -0.2) is 0 Å². The third-order valence-corrected chi connectivity index (χ3v) is 3.54. The molecule has 0 radical (unpaired) electrons. The van der Waals surface area contributed by atoms with Crippen LogP contribution in [0.4, 0.5) is 10.5 Å². The molecule has 1 amide bonds. The lowest BCUT2D eigenvalue weighted by Gasteiger charge is -2.23. The number of carbonyl (C=O) groups excluding carboxylic acids is 3. The Kier molecular flexibility index (Phi) is 2.70. The smallest absolute Gasteiger partial charge is 0.607 e. The summed E-state index contributed by atoms with van der Waals surface area (Å²) in [5, 5.41) is 2.63. The third-order valence-electron chi connectivity index (χ3n) is 3.54. The van der Waals surface area contributed by atoms with Crippen molar-refractivity contribution in [2.24, 2.45) is 0 Å². The van der Waals surface area contributed by atoms with Crippen molar-refractivity contribution in [2.45, 2.75) is 19.8 Å². The van der Waals surface area contributed by atoms with Gasteiger partial charge in [0.15, 0.2) is 0 Å². The molecule has 0 aromatic heterocycles. The fourth-order valence-electron chi connectivity index (χ4n) is 2.51. The van der Waals surface area contributed by atoms with Crippen LogP contribution in [0.25, 0.3) is 0 Å². The van der Waals surface area contributed by atoms with Gasteiger partial charge in [0.1, 0.15) is 12.8 Å². The fourth-order valence-corrected chi connectivity index (χ4v) is 2.51. The molecule has 102 valence electrons. The monoisotopic (exact) mass is 273 g/mol. The molecule has 2 aliphatic rings. The minimum atomic E-state index is -2.63. The number of amides is 1. The van der Waals surface area contributed by atoms with E-state index < -0.39 is 24.3 Å². The average Bonchev–Trinajstić information content (AvgIpc) is 2.84. The first-order chi connectivity index (χ1) is 9.49. The van der Waals surface area contributed by atoms with E-state index in [1.807, 2.05) is 19.1 Å². The summed E-state index contributed by atoms with van der Waals surface area (Å²) in [6, 6.07) is 7.14. The van der Waals surface area contributed by atoms with E-state index in [9.17, 15) is 14.4 Å². The van der Waals surface area contributed by atoms with Gasteiger partial charge >= 0.3 is 18.5 Å². The molecule has 2 fully saturated rings. The van der Waals surface area contributed by atoms with Crippen molar-refractivity contribution < 1.29 is 23.7 Å². The molecule has 1 aromatic rings. The molecule has 3 rings (SSSR count). The lowest BCUT2D eigenvalue weighted by atomic mass is 9.48. The average molecular weight is 273 g/mol. The van der Waals surface area contributed by atoms with E-state index in [4.69, 9.17) is 9.31 Å². The zero-order chi connectivity index (χ0) is 14.3. The third kappa shape index (κ3) is 1.91. The summed E-state index contributed by atoms with van der Waals surface area (Å²) in [5.41, 5.74) is 1.61. The van der Waals surface area contributed by atoms with E-state index in [1.165, 1.54) is 0 Å². The molecule has 0 bridgehead atoms. The maximum atomic E-state index is 12.3. The van der Waals surface area contributed by atoms with Crippen LogP contribution in [0.5, 0.6) is 0 Å². The van der Waals surface area contributed by atoms with E-state index in [-0.39, 0.29) is 12.8 Å². The number of hydrogen-bond acceptors (Lipinski definition) is 5. The first kappa shape index (κ1) is 12.6. The number of benzene rings is 1. The molecule has 20 heavy (non-hydrogen) atoms. The van der Waals surface area contributed by atoms with Crippen LogP contribution in [0.1, 0.15) is 18.4 Å². The largest absolute Gasteiger partial charge is 0.643 e. The lowest BCUT2D eigenvalue weighted by Crippen LogP contribution is -2.51. The second kappa shape index (κ2) is 4.30. The minimum absolute atomic E-state index is 0.0347. The molecule has 0 saturated carbocycles. The van der Waals surface area contributed by atoms with Gasteiger partial charge in [-0.15, -0.1) is 0 Å². The number of aryl methyl sites for hydroxylation is 1. The van der Waals surface area contributed by atoms with Crippen molar-refractivity contribution in [1.82, 2.24) is 0 Å².